The topological polar surface area (TPSA) is 195 Å². The van der Waals surface area contributed by atoms with Crippen molar-refractivity contribution < 1.29 is 33.9 Å². The van der Waals surface area contributed by atoms with E-state index in [2.05, 4.69) is 31.9 Å². The van der Waals surface area contributed by atoms with Crippen LogP contribution in [0, 0.1) is 17.8 Å². The van der Waals surface area contributed by atoms with E-state index in [4.69, 9.17) is 5.11 Å². The van der Waals surface area contributed by atoms with Gasteiger partial charge in [-0.05, 0) is 57.3 Å². The Morgan fingerprint density at radius 2 is 1.27 bits per heavy atom. The van der Waals surface area contributed by atoms with Crippen LogP contribution in [0.4, 0.5) is 0 Å². The number of carboxylic acids is 1. The SMILES string of the molecule is CCC[C@H](NC(=O)[C@H](CC(C)C)NC(=O)CCCC(=O)O)C(=O)N[C@H](CN[C@@H](C)C(=O)N[C@H](C(=O)NCC)C(C)C)CC(C)C. The summed E-state index contributed by atoms with van der Waals surface area (Å²) in [7, 11) is 0. The number of likely N-dealkylation sites (N-methyl/N-ethyl adjacent to an activating group) is 1. The molecule has 0 fully saturated rings. The minimum absolute atomic E-state index is 0.0164. The lowest BCUT2D eigenvalue weighted by Crippen LogP contribution is -2.57. The lowest BCUT2D eigenvalue weighted by Gasteiger charge is -2.28. The largest absolute Gasteiger partial charge is 0.481 e. The van der Waals surface area contributed by atoms with Crippen LogP contribution in [0.2, 0.25) is 0 Å². The third-order valence-electron chi connectivity index (χ3n) is 7.13. The molecule has 0 saturated carbocycles. The summed E-state index contributed by atoms with van der Waals surface area (Å²) in [4.78, 5) is 75.2. The first-order valence-corrected chi connectivity index (χ1v) is 16.4. The first-order valence-electron chi connectivity index (χ1n) is 16.4. The molecule has 0 heterocycles. The van der Waals surface area contributed by atoms with E-state index in [-0.39, 0.29) is 60.8 Å². The average Bonchev–Trinajstić information content (AvgIpc) is 2.92. The number of nitrogens with one attached hydrogen (secondary N) is 6. The van der Waals surface area contributed by atoms with Crippen LogP contribution in [0.25, 0.3) is 0 Å². The molecule has 5 atom stereocenters. The van der Waals surface area contributed by atoms with Gasteiger partial charge in [-0.25, -0.2) is 0 Å². The van der Waals surface area contributed by atoms with Crippen molar-refractivity contribution in [2.75, 3.05) is 13.1 Å². The van der Waals surface area contributed by atoms with Crippen molar-refractivity contribution in [1.82, 2.24) is 31.9 Å². The van der Waals surface area contributed by atoms with Gasteiger partial charge in [-0.2, -0.15) is 0 Å². The molecule has 45 heavy (non-hydrogen) atoms. The van der Waals surface area contributed by atoms with Crippen LogP contribution >= 0.6 is 0 Å². The van der Waals surface area contributed by atoms with E-state index in [1.165, 1.54) is 0 Å². The van der Waals surface area contributed by atoms with Gasteiger partial charge < -0.3 is 37.0 Å². The van der Waals surface area contributed by atoms with E-state index in [0.29, 0.717) is 38.8 Å². The van der Waals surface area contributed by atoms with Crippen molar-refractivity contribution in [1.29, 1.82) is 0 Å². The molecule has 0 saturated heterocycles. The van der Waals surface area contributed by atoms with Gasteiger partial charge in [0.25, 0.3) is 0 Å². The van der Waals surface area contributed by atoms with E-state index in [0.717, 1.165) is 0 Å². The molecule has 0 aromatic carbocycles. The molecule has 0 radical (unpaired) electrons. The monoisotopic (exact) mass is 640 g/mol. The number of carbonyl (C=O) groups is 6. The molecule has 5 amide bonds. The van der Waals surface area contributed by atoms with E-state index in [1.54, 1.807) is 6.92 Å². The highest BCUT2D eigenvalue weighted by Crippen LogP contribution is 2.10. The number of amides is 5. The molecule has 260 valence electrons. The maximum atomic E-state index is 13.4. The number of aliphatic carboxylic acids is 1. The average molecular weight is 641 g/mol. The molecule has 0 aliphatic heterocycles. The Balaban J connectivity index is 5.48. The molecule has 7 N–H and O–H groups in total. The highest BCUT2D eigenvalue weighted by atomic mass is 16.4. The smallest absolute Gasteiger partial charge is 0.303 e. The Bertz CT molecular complexity index is 956. The first-order chi connectivity index (χ1) is 21.0. The molecule has 0 rings (SSSR count). The van der Waals surface area contributed by atoms with E-state index in [9.17, 15) is 28.8 Å². The summed E-state index contributed by atoms with van der Waals surface area (Å²) in [5.41, 5.74) is 0. The Morgan fingerprint density at radius 1 is 0.667 bits per heavy atom. The van der Waals surface area contributed by atoms with E-state index < -0.39 is 42.0 Å². The molecule has 0 aliphatic rings. The maximum absolute atomic E-state index is 13.4. The highest BCUT2D eigenvalue weighted by Gasteiger charge is 2.29. The molecule has 0 aliphatic carbocycles. The number of hydrogen-bond donors (Lipinski definition) is 7. The quantitative estimate of drug-likeness (QED) is 0.0879. The summed E-state index contributed by atoms with van der Waals surface area (Å²) in [6, 6.07) is -3.33. The molecular formula is C32H60N6O7. The second-order valence-corrected chi connectivity index (χ2v) is 12.9. The summed E-state index contributed by atoms with van der Waals surface area (Å²) < 4.78 is 0. The molecule has 0 aromatic rings. The fraction of sp³-hybridized carbons (Fsp3) is 0.812. The second kappa shape index (κ2) is 22.3. The predicted octanol–water partition coefficient (Wildman–Crippen LogP) is 1.84. The molecule has 0 unspecified atom stereocenters. The third-order valence-corrected chi connectivity index (χ3v) is 7.13. The Labute approximate surface area is 269 Å². The van der Waals surface area contributed by atoms with Gasteiger partial charge in [-0.15, -0.1) is 0 Å². The van der Waals surface area contributed by atoms with Crippen LogP contribution in [-0.2, 0) is 28.8 Å². The number of rotatable bonds is 23. The molecule has 13 nitrogen and oxygen atoms in total. The Kier molecular flexibility index (Phi) is 20.7. The van der Waals surface area contributed by atoms with Crippen LogP contribution in [-0.4, -0.2) is 83.9 Å². The molecule has 13 heteroatoms. The minimum atomic E-state index is -0.993. The summed E-state index contributed by atoms with van der Waals surface area (Å²) in [5.74, 6) is -2.60. The maximum Gasteiger partial charge on any atom is 0.303 e. The Hall–Kier alpha value is -3.22. The fourth-order valence-electron chi connectivity index (χ4n) is 4.77. The third kappa shape index (κ3) is 18.4. The van der Waals surface area contributed by atoms with Crippen LogP contribution < -0.4 is 31.9 Å². The van der Waals surface area contributed by atoms with Crippen molar-refractivity contribution in [3.8, 4) is 0 Å². The van der Waals surface area contributed by atoms with Gasteiger partial charge in [0.05, 0.1) is 6.04 Å². The van der Waals surface area contributed by atoms with Crippen molar-refractivity contribution in [2.24, 2.45) is 17.8 Å². The first kappa shape index (κ1) is 41.8. The lowest BCUT2D eigenvalue weighted by molar-refractivity contribution is -0.137. The van der Waals surface area contributed by atoms with Crippen LogP contribution in [0.1, 0.15) is 107 Å². The molecule has 0 bridgehead atoms. The van der Waals surface area contributed by atoms with Crippen LogP contribution in [0.5, 0.6) is 0 Å². The molecule has 0 aromatic heterocycles. The Morgan fingerprint density at radius 3 is 1.78 bits per heavy atom. The van der Waals surface area contributed by atoms with E-state index in [1.807, 2.05) is 55.4 Å². The summed E-state index contributed by atoms with van der Waals surface area (Å²) in [5, 5.41) is 26.1. The van der Waals surface area contributed by atoms with Gasteiger partial charge in [0.15, 0.2) is 0 Å². The molecular weight excluding hydrogens is 580 g/mol. The van der Waals surface area contributed by atoms with Crippen molar-refractivity contribution >= 4 is 35.5 Å². The molecule has 0 spiro atoms. The van der Waals surface area contributed by atoms with E-state index >= 15 is 0 Å². The van der Waals surface area contributed by atoms with Gasteiger partial charge in [0.2, 0.25) is 29.5 Å². The van der Waals surface area contributed by atoms with Crippen LogP contribution in [0.3, 0.4) is 0 Å². The fourth-order valence-corrected chi connectivity index (χ4v) is 4.77. The highest BCUT2D eigenvalue weighted by molar-refractivity contribution is 5.92. The standard InChI is InChI=1S/C32H60N6O7/c1-10-13-24(37-31(44)25(17-20(5)6)36-26(39)14-12-15-27(40)41)30(43)35-23(16-19(3)4)18-34-22(9)29(42)38-28(21(7)8)32(45)33-11-2/h19-25,28,34H,10-18H2,1-9H3,(H,33,45)(H,35,43)(H,36,39)(H,37,44)(H,38,42)(H,40,41)/t22-,23-,24-,25-,28-/m0/s1. The number of hydrogen-bond acceptors (Lipinski definition) is 7. The summed E-state index contributed by atoms with van der Waals surface area (Å²) >= 11 is 0. The van der Waals surface area contributed by atoms with Gasteiger partial charge in [0, 0.05) is 32.0 Å². The van der Waals surface area contributed by atoms with Gasteiger partial charge in [-0.3, -0.25) is 28.8 Å². The second-order valence-electron chi connectivity index (χ2n) is 12.9. The lowest BCUT2D eigenvalue weighted by atomic mass is 10.0. The van der Waals surface area contributed by atoms with Gasteiger partial charge in [-0.1, -0.05) is 54.9 Å². The van der Waals surface area contributed by atoms with Crippen molar-refractivity contribution in [3.63, 3.8) is 0 Å². The zero-order chi connectivity index (χ0) is 34.7. The van der Waals surface area contributed by atoms with Crippen molar-refractivity contribution in [3.05, 3.63) is 0 Å². The van der Waals surface area contributed by atoms with Crippen molar-refractivity contribution in [2.45, 2.75) is 137 Å². The minimum Gasteiger partial charge on any atom is -0.481 e. The summed E-state index contributed by atoms with van der Waals surface area (Å²) in [6.45, 7) is 17.8. The normalized spacial score (nSPS) is 14.7. The van der Waals surface area contributed by atoms with Crippen LogP contribution in [0.15, 0.2) is 0 Å². The summed E-state index contributed by atoms with van der Waals surface area (Å²) in [6.07, 6.45) is 1.99. The van der Waals surface area contributed by atoms with Gasteiger partial charge in [0.1, 0.15) is 18.1 Å². The predicted molar refractivity (Wildman–Crippen MR) is 174 cm³/mol. The number of carbonyl (C=O) groups excluding carboxylic acids is 5. The zero-order valence-corrected chi connectivity index (χ0v) is 28.9. The number of carboxylic acid groups (broad SMARTS) is 1. The zero-order valence-electron chi connectivity index (χ0n) is 28.9. The van der Waals surface area contributed by atoms with Gasteiger partial charge >= 0.3 is 5.97 Å².